The molecule has 0 aliphatic rings. The Hall–Kier alpha value is -1.13. The van der Waals surface area contributed by atoms with E-state index in [9.17, 15) is 10.2 Å². The second kappa shape index (κ2) is 4.80. The van der Waals surface area contributed by atoms with Gasteiger partial charge in [-0.15, -0.1) is 0 Å². The predicted molar refractivity (Wildman–Crippen MR) is 63.2 cm³/mol. The van der Waals surface area contributed by atoms with E-state index in [0.717, 1.165) is 5.69 Å². The first kappa shape index (κ1) is 12.9. The van der Waals surface area contributed by atoms with Gasteiger partial charge in [0.1, 0.15) is 12.0 Å². The Morgan fingerprint density at radius 2 is 2.00 bits per heavy atom. The van der Waals surface area contributed by atoms with Gasteiger partial charge in [0.15, 0.2) is 0 Å². The number of nitrogens with one attached hydrogen (secondary N) is 1. The van der Waals surface area contributed by atoms with Crippen LogP contribution in [0.3, 0.4) is 0 Å². The average Bonchev–Trinajstić information content (AvgIpc) is 2.08. The second-order valence-corrected chi connectivity index (χ2v) is 5.02. The van der Waals surface area contributed by atoms with Gasteiger partial charge in [0.2, 0.25) is 0 Å². The zero-order valence-corrected chi connectivity index (χ0v) is 10.3. The summed E-state index contributed by atoms with van der Waals surface area (Å²) in [6.07, 6.45) is -0.199. The molecule has 1 aromatic heterocycles. The number of nitrogens with zero attached hydrogens (tertiary/aromatic N) is 1. The predicted octanol–water partition coefficient (Wildman–Crippen LogP) is 1.34. The molecular formula is C12H20N2O2. The molecule has 0 spiro atoms. The molecule has 1 heterocycles. The summed E-state index contributed by atoms with van der Waals surface area (Å²) in [5, 5.41) is 22.2. The summed E-state index contributed by atoms with van der Waals surface area (Å²) in [6, 6.07) is 3.32. The summed E-state index contributed by atoms with van der Waals surface area (Å²) in [6.45, 7) is 7.71. The number of pyridine rings is 1. The van der Waals surface area contributed by atoms with Crippen LogP contribution in [0.2, 0.25) is 0 Å². The van der Waals surface area contributed by atoms with Gasteiger partial charge in [-0.1, -0.05) is 0 Å². The van der Waals surface area contributed by atoms with Crippen LogP contribution in [0.25, 0.3) is 0 Å². The molecule has 0 bridgehead atoms. The van der Waals surface area contributed by atoms with Crippen LogP contribution in [0.5, 0.6) is 5.75 Å². The lowest BCUT2D eigenvalue weighted by molar-refractivity contribution is 0.105. The number of hydrogen-bond acceptors (Lipinski definition) is 4. The van der Waals surface area contributed by atoms with Crippen molar-refractivity contribution in [3.8, 4) is 5.75 Å². The third-order valence-corrected chi connectivity index (χ3v) is 2.12. The van der Waals surface area contributed by atoms with Crippen molar-refractivity contribution in [3.05, 3.63) is 23.5 Å². The normalized spacial score (nSPS) is 13.8. The fraction of sp³-hybridized carbons (Fsp3) is 0.583. The molecule has 0 aromatic carbocycles. The number of aliphatic hydroxyl groups excluding tert-OH is 1. The van der Waals surface area contributed by atoms with Gasteiger partial charge in [-0.05, 0) is 39.8 Å². The Labute approximate surface area is 96.3 Å². The van der Waals surface area contributed by atoms with E-state index in [1.807, 2.05) is 20.8 Å². The van der Waals surface area contributed by atoms with E-state index in [-0.39, 0.29) is 11.3 Å². The molecule has 0 saturated carbocycles. The molecule has 4 heteroatoms. The molecule has 4 nitrogen and oxygen atoms in total. The lowest BCUT2D eigenvalue weighted by Gasteiger charge is -2.24. The molecule has 0 radical (unpaired) electrons. The minimum Gasteiger partial charge on any atom is -0.506 e. The molecule has 0 fully saturated rings. The van der Waals surface area contributed by atoms with Crippen LogP contribution in [0.4, 0.5) is 0 Å². The Morgan fingerprint density at radius 1 is 1.38 bits per heavy atom. The molecule has 90 valence electrons. The molecule has 0 aliphatic heterocycles. The van der Waals surface area contributed by atoms with Crippen LogP contribution in [0.15, 0.2) is 12.1 Å². The molecule has 1 atom stereocenters. The first-order chi connectivity index (χ1) is 7.28. The fourth-order valence-electron chi connectivity index (χ4n) is 1.47. The highest BCUT2D eigenvalue weighted by atomic mass is 16.3. The average molecular weight is 224 g/mol. The van der Waals surface area contributed by atoms with Crippen LogP contribution in [0.1, 0.15) is 32.2 Å². The Morgan fingerprint density at radius 3 is 2.50 bits per heavy atom. The number of hydrogen-bond donors (Lipinski definition) is 3. The Bertz CT molecular complexity index is 359. The van der Waals surface area contributed by atoms with Gasteiger partial charge >= 0.3 is 0 Å². The minimum absolute atomic E-state index is 0.134. The van der Waals surface area contributed by atoms with E-state index in [1.165, 1.54) is 0 Å². The molecule has 0 aliphatic carbocycles. The van der Waals surface area contributed by atoms with E-state index >= 15 is 0 Å². The largest absolute Gasteiger partial charge is 0.506 e. The molecule has 1 aromatic rings. The van der Waals surface area contributed by atoms with Crippen molar-refractivity contribution in [2.75, 3.05) is 0 Å². The monoisotopic (exact) mass is 224 g/mol. The maximum atomic E-state index is 9.78. The van der Waals surface area contributed by atoms with Gasteiger partial charge in [-0.25, -0.2) is 0 Å². The van der Waals surface area contributed by atoms with Crippen LogP contribution >= 0.6 is 0 Å². The zero-order chi connectivity index (χ0) is 12.3. The van der Waals surface area contributed by atoms with Crippen LogP contribution in [-0.4, -0.2) is 27.0 Å². The van der Waals surface area contributed by atoms with E-state index < -0.39 is 6.23 Å². The standard InChI is InChI=1S/C12H20N2O2/c1-8-10(15)6-5-9(13-8)7-11(16)14-12(2,3)4/h5-6,11,14-16H,7H2,1-4H3. The third-order valence-electron chi connectivity index (χ3n) is 2.12. The number of aromatic nitrogens is 1. The van der Waals surface area contributed by atoms with Crippen molar-refractivity contribution >= 4 is 0 Å². The second-order valence-electron chi connectivity index (χ2n) is 5.02. The van der Waals surface area contributed by atoms with E-state index in [1.54, 1.807) is 19.1 Å². The molecule has 3 N–H and O–H groups in total. The summed E-state index contributed by atoms with van der Waals surface area (Å²) in [5.74, 6) is 0.182. The van der Waals surface area contributed by atoms with Crippen molar-refractivity contribution in [1.82, 2.24) is 10.3 Å². The molecule has 1 unspecified atom stereocenters. The van der Waals surface area contributed by atoms with Crippen molar-refractivity contribution in [2.45, 2.75) is 45.9 Å². The highest BCUT2D eigenvalue weighted by molar-refractivity contribution is 5.26. The highest BCUT2D eigenvalue weighted by Gasteiger charge is 2.15. The third kappa shape index (κ3) is 4.16. The van der Waals surface area contributed by atoms with Gasteiger partial charge in [0, 0.05) is 17.7 Å². The van der Waals surface area contributed by atoms with Crippen molar-refractivity contribution in [2.24, 2.45) is 0 Å². The number of aryl methyl sites for hydroxylation is 1. The first-order valence-electron chi connectivity index (χ1n) is 5.39. The van der Waals surface area contributed by atoms with Gasteiger partial charge < -0.3 is 10.2 Å². The Kier molecular flexibility index (Phi) is 3.88. The summed E-state index contributed by atoms with van der Waals surface area (Å²) in [5.41, 5.74) is 1.21. The lowest BCUT2D eigenvalue weighted by atomic mass is 10.1. The smallest absolute Gasteiger partial charge is 0.136 e. The SMILES string of the molecule is Cc1nc(CC(O)NC(C)(C)C)ccc1O. The van der Waals surface area contributed by atoms with Crippen molar-refractivity contribution in [3.63, 3.8) is 0 Å². The molecule has 0 amide bonds. The van der Waals surface area contributed by atoms with Crippen LogP contribution < -0.4 is 5.32 Å². The Balaban J connectivity index is 2.63. The maximum absolute atomic E-state index is 9.78. The van der Waals surface area contributed by atoms with E-state index in [4.69, 9.17) is 0 Å². The van der Waals surface area contributed by atoms with Crippen LogP contribution in [-0.2, 0) is 6.42 Å². The molecule has 1 rings (SSSR count). The fourth-order valence-corrected chi connectivity index (χ4v) is 1.47. The number of aliphatic hydroxyl groups is 1. The quantitative estimate of drug-likeness (QED) is 0.678. The number of aromatic hydroxyl groups is 1. The highest BCUT2D eigenvalue weighted by Crippen LogP contribution is 2.14. The van der Waals surface area contributed by atoms with Gasteiger partial charge in [-0.2, -0.15) is 0 Å². The molecule has 16 heavy (non-hydrogen) atoms. The van der Waals surface area contributed by atoms with Crippen molar-refractivity contribution in [1.29, 1.82) is 0 Å². The number of rotatable bonds is 3. The maximum Gasteiger partial charge on any atom is 0.136 e. The van der Waals surface area contributed by atoms with Crippen molar-refractivity contribution < 1.29 is 10.2 Å². The summed E-state index contributed by atoms with van der Waals surface area (Å²) < 4.78 is 0. The van der Waals surface area contributed by atoms with Gasteiger partial charge in [0.25, 0.3) is 0 Å². The topological polar surface area (TPSA) is 65.4 Å². The lowest BCUT2D eigenvalue weighted by Crippen LogP contribution is -2.44. The van der Waals surface area contributed by atoms with Gasteiger partial charge in [-0.3, -0.25) is 10.3 Å². The summed E-state index contributed by atoms with van der Waals surface area (Å²) >= 11 is 0. The summed E-state index contributed by atoms with van der Waals surface area (Å²) in [7, 11) is 0. The van der Waals surface area contributed by atoms with Crippen LogP contribution in [0, 0.1) is 6.92 Å². The van der Waals surface area contributed by atoms with E-state index in [2.05, 4.69) is 10.3 Å². The van der Waals surface area contributed by atoms with Gasteiger partial charge in [0.05, 0.1) is 5.69 Å². The van der Waals surface area contributed by atoms with E-state index in [0.29, 0.717) is 12.1 Å². The zero-order valence-electron chi connectivity index (χ0n) is 10.3. The minimum atomic E-state index is -0.628. The molecular weight excluding hydrogens is 204 g/mol. The summed E-state index contributed by atoms with van der Waals surface area (Å²) in [4.78, 5) is 4.19. The first-order valence-corrected chi connectivity index (χ1v) is 5.39. The molecule has 0 saturated heterocycles.